The highest BCUT2D eigenvalue weighted by Gasteiger charge is 2.62. The summed E-state index contributed by atoms with van der Waals surface area (Å²) in [5.74, 6) is 0.732. The van der Waals surface area contributed by atoms with Crippen molar-refractivity contribution in [3.8, 4) is 0 Å². The first-order chi connectivity index (χ1) is 11.1. The summed E-state index contributed by atoms with van der Waals surface area (Å²) in [7, 11) is 0. The normalized spacial score (nSPS) is 34.3. The number of carbonyl (C=O) groups excluding carboxylic acids is 1. The van der Waals surface area contributed by atoms with Crippen LogP contribution in [-0.2, 0) is 16.0 Å². The highest BCUT2D eigenvalue weighted by molar-refractivity contribution is 5.94. The minimum absolute atomic E-state index is 0.112. The monoisotopic (exact) mass is 314 g/mol. The van der Waals surface area contributed by atoms with Crippen molar-refractivity contribution in [3.63, 3.8) is 0 Å². The molecule has 0 aliphatic heterocycles. The van der Waals surface area contributed by atoms with Gasteiger partial charge in [0.2, 0.25) is 5.60 Å². The number of nitrogens with zero attached hydrogens (tertiary/aromatic N) is 2. The SMILES string of the molecule is [N-]=[N+]=C1C2CC3CC(C2)CC1(OC(=O)Cc1ccc(F)cc1)C3. The smallest absolute Gasteiger partial charge is 0.315 e. The Bertz CT molecular complexity index is 679. The molecule has 4 bridgehead atoms. The Morgan fingerprint density at radius 1 is 1.22 bits per heavy atom. The van der Waals surface area contributed by atoms with Gasteiger partial charge in [-0.2, -0.15) is 4.79 Å². The van der Waals surface area contributed by atoms with Gasteiger partial charge >= 0.3 is 11.7 Å². The van der Waals surface area contributed by atoms with Crippen LogP contribution in [0.2, 0.25) is 0 Å². The van der Waals surface area contributed by atoms with Gasteiger partial charge in [-0.15, -0.1) is 0 Å². The molecule has 120 valence electrons. The summed E-state index contributed by atoms with van der Waals surface area (Å²) in [5, 5.41) is 0. The second-order valence-electron chi connectivity index (χ2n) is 7.30. The third-order valence-corrected chi connectivity index (χ3v) is 5.67. The standard InChI is InChI=1S/C18H19FN2O2/c19-15-3-1-11(2-4-15)8-16(22)23-18-9-12-5-13(10-18)7-14(6-12)17(18)21-20/h1-4,12-14H,5-10H2. The van der Waals surface area contributed by atoms with E-state index in [0.29, 0.717) is 17.5 Å². The number of rotatable bonds is 3. The van der Waals surface area contributed by atoms with Gasteiger partial charge in [-0.1, -0.05) is 12.1 Å². The Kier molecular flexibility index (Phi) is 3.34. The van der Waals surface area contributed by atoms with E-state index in [1.54, 1.807) is 12.1 Å². The quantitative estimate of drug-likeness (QED) is 0.489. The Morgan fingerprint density at radius 2 is 1.87 bits per heavy atom. The molecule has 0 spiro atoms. The Morgan fingerprint density at radius 3 is 2.48 bits per heavy atom. The zero-order chi connectivity index (χ0) is 16.0. The zero-order valence-corrected chi connectivity index (χ0v) is 12.9. The number of esters is 1. The van der Waals surface area contributed by atoms with Crippen LogP contribution in [0.15, 0.2) is 24.3 Å². The topological polar surface area (TPSA) is 62.7 Å². The summed E-state index contributed by atoms with van der Waals surface area (Å²) in [6.45, 7) is 0. The first kappa shape index (κ1) is 14.6. The molecule has 4 nitrogen and oxygen atoms in total. The predicted molar refractivity (Wildman–Crippen MR) is 81.1 cm³/mol. The van der Waals surface area contributed by atoms with E-state index in [9.17, 15) is 14.7 Å². The maximum absolute atomic E-state index is 12.9. The molecular formula is C18H19FN2O2. The fourth-order valence-electron chi connectivity index (χ4n) is 5.05. The largest absolute Gasteiger partial charge is 0.446 e. The molecule has 4 aliphatic rings. The molecule has 23 heavy (non-hydrogen) atoms. The van der Waals surface area contributed by atoms with E-state index in [1.807, 2.05) is 0 Å². The van der Waals surface area contributed by atoms with Gasteiger partial charge in [0.1, 0.15) is 5.82 Å². The average molecular weight is 314 g/mol. The Balaban J connectivity index is 1.53. The fourth-order valence-corrected chi connectivity index (χ4v) is 5.05. The third-order valence-electron chi connectivity index (χ3n) is 5.67. The molecule has 5 rings (SSSR count). The molecular weight excluding hydrogens is 295 g/mol. The summed E-state index contributed by atoms with van der Waals surface area (Å²) < 4.78 is 18.8. The van der Waals surface area contributed by atoms with Gasteiger partial charge in [-0.3, -0.25) is 4.79 Å². The lowest BCUT2D eigenvalue weighted by atomic mass is 9.53. The second-order valence-corrected chi connectivity index (χ2v) is 7.30. The molecule has 0 saturated heterocycles. The highest BCUT2D eigenvalue weighted by Crippen LogP contribution is 2.55. The first-order valence-electron chi connectivity index (χ1n) is 8.27. The van der Waals surface area contributed by atoms with Crippen LogP contribution in [-0.4, -0.2) is 22.1 Å². The molecule has 2 atom stereocenters. The highest BCUT2D eigenvalue weighted by atomic mass is 19.1. The molecule has 0 aromatic heterocycles. The second kappa shape index (κ2) is 5.27. The zero-order valence-electron chi connectivity index (χ0n) is 12.9. The Hall–Kier alpha value is -2.00. The molecule has 2 unspecified atom stereocenters. The van der Waals surface area contributed by atoms with Crippen molar-refractivity contribution in [3.05, 3.63) is 41.2 Å². The molecule has 4 aliphatic carbocycles. The molecule has 1 aromatic rings. The van der Waals surface area contributed by atoms with E-state index in [1.165, 1.54) is 18.6 Å². The lowest BCUT2D eigenvalue weighted by Crippen LogP contribution is -2.60. The van der Waals surface area contributed by atoms with Gasteiger partial charge in [-0.25, -0.2) is 4.39 Å². The number of carbonyl (C=O) groups is 1. The van der Waals surface area contributed by atoms with Crippen LogP contribution < -0.4 is 0 Å². The molecule has 1 aromatic carbocycles. The van der Waals surface area contributed by atoms with E-state index in [0.717, 1.165) is 31.2 Å². The van der Waals surface area contributed by atoms with E-state index in [-0.39, 0.29) is 24.1 Å². The molecule has 4 fully saturated rings. The van der Waals surface area contributed by atoms with Gasteiger partial charge < -0.3 is 10.3 Å². The number of hydrogen-bond acceptors (Lipinski definition) is 2. The average Bonchev–Trinajstić information content (AvgIpc) is 2.48. The fraction of sp³-hybridized carbons (Fsp3) is 0.556. The Labute approximate surface area is 134 Å². The first-order valence-corrected chi connectivity index (χ1v) is 8.27. The lowest BCUT2D eigenvalue weighted by molar-refractivity contribution is -0.172. The van der Waals surface area contributed by atoms with Crippen molar-refractivity contribution in [1.29, 1.82) is 0 Å². The summed E-state index contributed by atoms with van der Waals surface area (Å²) in [6.07, 6.45) is 4.95. The van der Waals surface area contributed by atoms with E-state index in [4.69, 9.17) is 4.74 Å². The van der Waals surface area contributed by atoms with Crippen LogP contribution in [0.5, 0.6) is 0 Å². The van der Waals surface area contributed by atoms with Gasteiger partial charge in [0.15, 0.2) is 0 Å². The predicted octanol–water partition coefficient (Wildman–Crippen LogP) is 3.16. The van der Waals surface area contributed by atoms with Crippen molar-refractivity contribution >= 4 is 11.7 Å². The van der Waals surface area contributed by atoms with Gasteiger partial charge in [0.25, 0.3) is 0 Å². The minimum atomic E-state index is -0.708. The maximum Gasteiger partial charge on any atom is 0.315 e. The van der Waals surface area contributed by atoms with E-state index < -0.39 is 5.60 Å². The third kappa shape index (κ3) is 2.49. The molecule has 4 saturated carbocycles. The molecule has 5 heteroatoms. The summed E-state index contributed by atoms with van der Waals surface area (Å²) in [4.78, 5) is 15.9. The van der Waals surface area contributed by atoms with Crippen LogP contribution in [0.4, 0.5) is 4.39 Å². The van der Waals surface area contributed by atoms with E-state index >= 15 is 0 Å². The summed E-state index contributed by atoms with van der Waals surface area (Å²) in [6, 6.07) is 5.87. The number of benzene rings is 1. The minimum Gasteiger partial charge on any atom is -0.446 e. The summed E-state index contributed by atoms with van der Waals surface area (Å²) >= 11 is 0. The number of hydrogen-bond donors (Lipinski definition) is 0. The van der Waals surface area contributed by atoms with Gasteiger partial charge in [0.05, 0.1) is 12.3 Å². The lowest BCUT2D eigenvalue weighted by Gasteiger charge is -2.52. The van der Waals surface area contributed by atoms with Gasteiger partial charge in [0, 0.05) is 12.8 Å². The molecule has 0 radical (unpaired) electrons. The molecule has 0 heterocycles. The van der Waals surface area contributed by atoms with Crippen LogP contribution in [0.25, 0.3) is 5.53 Å². The molecule has 0 N–H and O–H groups in total. The van der Waals surface area contributed by atoms with Crippen molar-refractivity contribution in [1.82, 2.24) is 0 Å². The van der Waals surface area contributed by atoms with E-state index in [2.05, 4.69) is 4.79 Å². The van der Waals surface area contributed by atoms with Crippen molar-refractivity contribution in [2.75, 3.05) is 0 Å². The van der Waals surface area contributed by atoms with Crippen molar-refractivity contribution in [2.45, 2.75) is 44.1 Å². The van der Waals surface area contributed by atoms with Crippen LogP contribution in [0.3, 0.4) is 0 Å². The molecule has 0 amide bonds. The number of halogens is 1. The van der Waals surface area contributed by atoms with Crippen molar-refractivity contribution in [2.24, 2.45) is 17.8 Å². The summed E-state index contributed by atoms with van der Waals surface area (Å²) in [5.41, 5.74) is 10.1. The van der Waals surface area contributed by atoms with Crippen molar-refractivity contribution < 1.29 is 18.7 Å². The van der Waals surface area contributed by atoms with Crippen LogP contribution in [0.1, 0.15) is 37.7 Å². The van der Waals surface area contributed by atoms with Crippen LogP contribution >= 0.6 is 0 Å². The van der Waals surface area contributed by atoms with Crippen LogP contribution in [0, 0.1) is 23.6 Å². The maximum atomic E-state index is 12.9. The van der Waals surface area contributed by atoms with Gasteiger partial charge in [-0.05, 0) is 48.8 Å². The number of ether oxygens (including phenoxy) is 1.